The van der Waals surface area contributed by atoms with Crippen LogP contribution in [0.4, 0.5) is 14.6 Å². The lowest BCUT2D eigenvalue weighted by molar-refractivity contribution is 0.0692. The van der Waals surface area contributed by atoms with Gasteiger partial charge in [0.25, 0.3) is 0 Å². The molecule has 110 valence electrons. The molecule has 1 unspecified atom stereocenters. The molecule has 0 amide bonds. The van der Waals surface area contributed by atoms with E-state index in [4.69, 9.17) is 5.11 Å². The first-order valence-electron chi connectivity index (χ1n) is 6.30. The van der Waals surface area contributed by atoms with Gasteiger partial charge in [-0.1, -0.05) is 12.1 Å². The Kier molecular flexibility index (Phi) is 4.16. The third kappa shape index (κ3) is 3.16. The minimum Gasteiger partial charge on any atom is -0.478 e. The van der Waals surface area contributed by atoms with Crippen LogP contribution in [0.2, 0.25) is 0 Å². The van der Waals surface area contributed by atoms with Crippen molar-refractivity contribution in [1.29, 1.82) is 0 Å². The van der Waals surface area contributed by atoms with E-state index < -0.39 is 23.4 Å². The Labute approximate surface area is 120 Å². The maximum absolute atomic E-state index is 14.0. The lowest BCUT2D eigenvalue weighted by atomic mass is 10.1. The van der Waals surface area contributed by atoms with Crippen LogP contribution in [0.1, 0.15) is 34.5 Å². The molecule has 0 saturated carbocycles. The summed E-state index contributed by atoms with van der Waals surface area (Å²) in [5.74, 6) is -2.84. The van der Waals surface area contributed by atoms with Crippen molar-refractivity contribution in [3.8, 4) is 0 Å². The summed E-state index contributed by atoms with van der Waals surface area (Å²) >= 11 is 0. The van der Waals surface area contributed by atoms with Crippen molar-refractivity contribution < 1.29 is 18.7 Å². The van der Waals surface area contributed by atoms with Gasteiger partial charge in [0.2, 0.25) is 0 Å². The molecule has 0 spiro atoms. The number of benzene rings is 1. The number of aryl methyl sites for hydroxylation is 1. The van der Waals surface area contributed by atoms with Gasteiger partial charge in [-0.2, -0.15) is 0 Å². The summed E-state index contributed by atoms with van der Waals surface area (Å²) in [5, 5.41) is 11.6. The summed E-state index contributed by atoms with van der Waals surface area (Å²) in [6.07, 6.45) is 1.21. The zero-order valence-corrected chi connectivity index (χ0v) is 11.5. The lowest BCUT2D eigenvalue weighted by Crippen LogP contribution is -2.12. The summed E-state index contributed by atoms with van der Waals surface area (Å²) < 4.78 is 27.5. The Hall–Kier alpha value is -2.50. The molecule has 4 nitrogen and oxygen atoms in total. The summed E-state index contributed by atoms with van der Waals surface area (Å²) in [7, 11) is 0. The Morgan fingerprint density at radius 1 is 1.33 bits per heavy atom. The number of anilines is 1. The second-order valence-electron chi connectivity index (χ2n) is 4.70. The van der Waals surface area contributed by atoms with Crippen molar-refractivity contribution >= 4 is 11.8 Å². The van der Waals surface area contributed by atoms with Gasteiger partial charge in [-0.05, 0) is 37.1 Å². The third-order valence-corrected chi connectivity index (χ3v) is 3.17. The predicted octanol–water partition coefficient (Wildman–Crippen LogP) is 3.54. The van der Waals surface area contributed by atoms with Crippen molar-refractivity contribution in [3.63, 3.8) is 0 Å². The largest absolute Gasteiger partial charge is 0.478 e. The van der Waals surface area contributed by atoms with E-state index in [1.807, 2.05) is 0 Å². The van der Waals surface area contributed by atoms with Crippen LogP contribution < -0.4 is 5.32 Å². The van der Waals surface area contributed by atoms with E-state index in [1.54, 1.807) is 26.0 Å². The maximum Gasteiger partial charge on any atom is 0.338 e. The monoisotopic (exact) mass is 292 g/mol. The molecule has 6 heteroatoms. The molecular formula is C15H14F2N2O2. The van der Waals surface area contributed by atoms with Gasteiger partial charge in [0.05, 0.1) is 6.04 Å². The minimum absolute atomic E-state index is 0.177. The number of halogens is 2. The average Bonchev–Trinajstić information content (AvgIpc) is 2.43. The molecule has 2 rings (SSSR count). The van der Waals surface area contributed by atoms with Crippen molar-refractivity contribution in [2.45, 2.75) is 19.9 Å². The van der Waals surface area contributed by atoms with Gasteiger partial charge in [-0.25, -0.2) is 18.6 Å². The number of rotatable bonds is 4. The van der Waals surface area contributed by atoms with E-state index in [2.05, 4.69) is 10.3 Å². The smallest absolute Gasteiger partial charge is 0.338 e. The zero-order chi connectivity index (χ0) is 15.6. The molecule has 0 fully saturated rings. The van der Waals surface area contributed by atoms with E-state index in [1.165, 1.54) is 12.3 Å². The van der Waals surface area contributed by atoms with E-state index >= 15 is 0 Å². The minimum atomic E-state index is -1.37. The standard InChI is InChI=1S/C15H14F2N2O2/c1-8-3-4-10(7-12(8)16)9(2)19-14-13(17)11(15(20)21)5-6-18-14/h3-7,9H,1-2H3,(H,18,19)(H,20,21). The predicted molar refractivity (Wildman–Crippen MR) is 74.3 cm³/mol. The number of carboxylic acid groups (broad SMARTS) is 1. The fourth-order valence-corrected chi connectivity index (χ4v) is 1.88. The van der Waals surface area contributed by atoms with Crippen molar-refractivity contribution in [3.05, 3.63) is 58.8 Å². The van der Waals surface area contributed by atoms with E-state index in [9.17, 15) is 13.6 Å². The van der Waals surface area contributed by atoms with Gasteiger partial charge < -0.3 is 10.4 Å². The molecule has 1 aromatic heterocycles. The van der Waals surface area contributed by atoms with Gasteiger partial charge in [0.15, 0.2) is 11.6 Å². The maximum atomic E-state index is 14.0. The quantitative estimate of drug-likeness (QED) is 0.904. The van der Waals surface area contributed by atoms with E-state index in [0.29, 0.717) is 11.1 Å². The molecule has 0 bridgehead atoms. The Balaban J connectivity index is 2.27. The molecule has 0 radical (unpaired) electrons. The molecule has 0 saturated heterocycles. The molecule has 0 aliphatic rings. The highest BCUT2D eigenvalue weighted by Crippen LogP contribution is 2.23. The number of carboxylic acids is 1. The third-order valence-electron chi connectivity index (χ3n) is 3.17. The fourth-order valence-electron chi connectivity index (χ4n) is 1.88. The highest BCUT2D eigenvalue weighted by atomic mass is 19.1. The molecule has 1 atom stereocenters. The fraction of sp³-hybridized carbons (Fsp3) is 0.200. The first-order chi connectivity index (χ1) is 9.90. The van der Waals surface area contributed by atoms with Gasteiger partial charge in [0.1, 0.15) is 11.4 Å². The molecule has 1 heterocycles. The molecule has 21 heavy (non-hydrogen) atoms. The number of nitrogens with zero attached hydrogens (tertiary/aromatic N) is 1. The second kappa shape index (κ2) is 5.87. The number of pyridine rings is 1. The lowest BCUT2D eigenvalue weighted by Gasteiger charge is -2.16. The van der Waals surface area contributed by atoms with Gasteiger partial charge in [-0.15, -0.1) is 0 Å². The van der Waals surface area contributed by atoms with Crippen LogP contribution in [0.15, 0.2) is 30.5 Å². The summed E-state index contributed by atoms with van der Waals surface area (Å²) in [6.45, 7) is 3.35. The summed E-state index contributed by atoms with van der Waals surface area (Å²) in [5.41, 5.74) is 0.665. The van der Waals surface area contributed by atoms with Crippen molar-refractivity contribution in [1.82, 2.24) is 4.98 Å². The van der Waals surface area contributed by atoms with Crippen LogP contribution in [0, 0.1) is 18.6 Å². The van der Waals surface area contributed by atoms with Crippen LogP contribution in [0.3, 0.4) is 0 Å². The molecule has 0 aliphatic heterocycles. The van der Waals surface area contributed by atoms with Crippen LogP contribution in [-0.4, -0.2) is 16.1 Å². The number of carbonyl (C=O) groups is 1. The number of hydrogen-bond acceptors (Lipinski definition) is 3. The Bertz CT molecular complexity index is 689. The van der Waals surface area contributed by atoms with Crippen molar-refractivity contribution in [2.75, 3.05) is 5.32 Å². The molecule has 2 N–H and O–H groups in total. The zero-order valence-electron chi connectivity index (χ0n) is 11.5. The van der Waals surface area contributed by atoms with Crippen LogP contribution in [0.25, 0.3) is 0 Å². The molecular weight excluding hydrogens is 278 g/mol. The van der Waals surface area contributed by atoms with Gasteiger partial charge in [0, 0.05) is 6.20 Å². The summed E-state index contributed by atoms with van der Waals surface area (Å²) in [6, 6.07) is 5.35. The number of aromatic carboxylic acids is 1. The number of nitrogens with one attached hydrogen (secondary N) is 1. The first kappa shape index (κ1) is 14.9. The first-order valence-corrected chi connectivity index (χ1v) is 6.30. The van der Waals surface area contributed by atoms with Gasteiger partial charge in [-0.3, -0.25) is 0 Å². The van der Waals surface area contributed by atoms with Crippen LogP contribution >= 0.6 is 0 Å². The van der Waals surface area contributed by atoms with Crippen LogP contribution in [-0.2, 0) is 0 Å². The number of hydrogen-bond donors (Lipinski definition) is 2. The highest BCUT2D eigenvalue weighted by Gasteiger charge is 2.17. The van der Waals surface area contributed by atoms with E-state index in [0.717, 1.165) is 6.07 Å². The highest BCUT2D eigenvalue weighted by molar-refractivity contribution is 5.88. The average molecular weight is 292 g/mol. The van der Waals surface area contributed by atoms with Crippen LogP contribution in [0.5, 0.6) is 0 Å². The molecule has 0 aliphatic carbocycles. The number of aromatic nitrogens is 1. The Morgan fingerprint density at radius 2 is 2.05 bits per heavy atom. The van der Waals surface area contributed by atoms with Crippen molar-refractivity contribution in [2.24, 2.45) is 0 Å². The topological polar surface area (TPSA) is 62.2 Å². The normalized spacial score (nSPS) is 12.0. The summed E-state index contributed by atoms with van der Waals surface area (Å²) in [4.78, 5) is 14.7. The Morgan fingerprint density at radius 3 is 2.67 bits per heavy atom. The molecule has 2 aromatic rings. The second-order valence-corrected chi connectivity index (χ2v) is 4.70. The van der Waals surface area contributed by atoms with Gasteiger partial charge >= 0.3 is 5.97 Å². The SMILES string of the molecule is Cc1ccc(C(C)Nc2nccc(C(=O)O)c2F)cc1F. The molecule has 1 aromatic carbocycles. The van der Waals surface area contributed by atoms with E-state index in [-0.39, 0.29) is 11.6 Å².